The molecule has 0 saturated carbocycles. The Kier molecular flexibility index (Phi) is 7.51. The number of hydrogen-bond acceptors (Lipinski definition) is 5. The maximum atomic E-state index is 13.0. The van der Waals surface area contributed by atoms with Gasteiger partial charge in [-0.1, -0.05) is 28.1 Å². The summed E-state index contributed by atoms with van der Waals surface area (Å²) in [6, 6.07) is 13.6. The normalized spacial score (nSPS) is 18.1. The molecule has 0 bridgehead atoms. The van der Waals surface area contributed by atoms with E-state index in [-0.39, 0.29) is 17.4 Å². The summed E-state index contributed by atoms with van der Waals surface area (Å²) in [5, 5.41) is 11.1. The minimum atomic E-state index is -0.692. The van der Waals surface area contributed by atoms with Gasteiger partial charge in [-0.05, 0) is 62.2 Å². The SMILES string of the molecule is COCCCN1C(=O)C(=O)C(=C(O)c2ccc(OC(C)C)cc2)C1c1cccc(Br)c1. The number of carbonyl (C=O) groups is 2. The van der Waals surface area contributed by atoms with Crippen molar-refractivity contribution in [2.45, 2.75) is 32.4 Å². The highest BCUT2D eigenvalue weighted by atomic mass is 79.9. The standard InChI is InChI=1S/C24H26BrNO5/c1-15(2)31-19-10-8-16(9-11-19)22(27)20-21(17-6-4-7-18(25)14-17)26(12-5-13-30-3)24(29)23(20)28/h4,6-11,14-15,21,27H,5,12-13H2,1-3H3. The van der Waals surface area contributed by atoms with E-state index in [1.165, 1.54) is 4.90 Å². The molecule has 2 aromatic rings. The second kappa shape index (κ2) is 10.1. The monoisotopic (exact) mass is 487 g/mol. The first-order chi connectivity index (χ1) is 14.8. The minimum Gasteiger partial charge on any atom is -0.507 e. The zero-order valence-corrected chi connectivity index (χ0v) is 19.4. The van der Waals surface area contributed by atoms with Gasteiger partial charge in [-0.2, -0.15) is 0 Å². The predicted molar refractivity (Wildman–Crippen MR) is 122 cm³/mol. The van der Waals surface area contributed by atoms with Gasteiger partial charge >= 0.3 is 0 Å². The molecular weight excluding hydrogens is 462 g/mol. The summed E-state index contributed by atoms with van der Waals surface area (Å²) >= 11 is 3.45. The molecular formula is C24H26BrNO5. The van der Waals surface area contributed by atoms with Crippen LogP contribution < -0.4 is 4.74 Å². The number of hydrogen-bond donors (Lipinski definition) is 1. The Labute approximate surface area is 190 Å². The number of ether oxygens (including phenoxy) is 2. The van der Waals surface area contributed by atoms with Crippen LogP contribution in [0.1, 0.15) is 37.4 Å². The fraction of sp³-hybridized carbons (Fsp3) is 0.333. The number of amides is 1. The number of carbonyl (C=O) groups excluding carboxylic acids is 2. The van der Waals surface area contributed by atoms with E-state index in [1.807, 2.05) is 38.1 Å². The van der Waals surface area contributed by atoms with Crippen molar-refractivity contribution in [2.24, 2.45) is 0 Å². The number of rotatable bonds is 8. The largest absolute Gasteiger partial charge is 0.507 e. The molecule has 6 nitrogen and oxygen atoms in total. The second-order valence-corrected chi connectivity index (χ2v) is 8.50. The van der Waals surface area contributed by atoms with Gasteiger partial charge in [-0.15, -0.1) is 0 Å². The van der Waals surface area contributed by atoms with Gasteiger partial charge in [0.25, 0.3) is 11.7 Å². The summed E-state index contributed by atoms with van der Waals surface area (Å²) in [4.78, 5) is 27.3. The van der Waals surface area contributed by atoms with Crippen molar-refractivity contribution in [3.05, 3.63) is 69.7 Å². The summed E-state index contributed by atoms with van der Waals surface area (Å²) in [7, 11) is 1.59. The number of halogens is 1. The molecule has 0 spiro atoms. The van der Waals surface area contributed by atoms with Crippen molar-refractivity contribution in [1.82, 2.24) is 4.90 Å². The maximum absolute atomic E-state index is 13.0. The molecule has 1 fully saturated rings. The Morgan fingerprint density at radius 1 is 1.16 bits per heavy atom. The van der Waals surface area contributed by atoms with Crippen molar-refractivity contribution in [3.63, 3.8) is 0 Å². The number of aliphatic hydroxyl groups excluding tert-OH is 1. The highest BCUT2D eigenvalue weighted by Crippen LogP contribution is 2.40. The first kappa shape index (κ1) is 23.0. The van der Waals surface area contributed by atoms with Crippen molar-refractivity contribution >= 4 is 33.4 Å². The number of ketones is 1. The third-order valence-electron chi connectivity index (χ3n) is 4.95. The van der Waals surface area contributed by atoms with Gasteiger partial charge in [0.15, 0.2) is 0 Å². The lowest BCUT2D eigenvalue weighted by Gasteiger charge is -2.25. The second-order valence-electron chi connectivity index (χ2n) is 7.58. The number of benzene rings is 2. The molecule has 1 heterocycles. The van der Waals surface area contributed by atoms with Gasteiger partial charge in [-0.3, -0.25) is 9.59 Å². The van der Waals surface area contributed by atoms with Crippen molar-refractivity contribution in [3.8, 4) is 5.75 Å². The van der Waals surface area contributed by atoms with Crippen molar-refractivity contribution in [1.29, 1.82) is 0 Å². The molecule has 0 radical (unpaired) electrons. The minimum absolute atomic E-state index is 0.0217. The first-order valence-electron chi connectivity index (χ1n) is 10.1. The zero-order chi connectivity index (χ0) is 22.5. The lowest BCUT2D eigenvalue weighted by molar-refractivity contribution is -0.140. The molecule has 0 aromatic heterocycles. The van der Waals surface area contributed by atoms with Crippen LogP contribution in [0.25, 0.3) is 5.76 Å². The van der Waals surface area contributed by atoms with Gasteiger partial charge in [0.1, 0.15) is 11.5 Å². The number of methoxy groups -OCH3 is 1. The van der Waals surface area contributed by atoms with E-state index in [2.05, 4.69) is 15.9 Å². The topological polar surface area (TPSA) is 76.1 Å². The van der Waals surface area contributed by atoms with Crippen LogP contribution in [-0.2, 0) is 14.3 Å². The molecule has 0 aliphatic carbocycles. The summed E-state index contributed by atoms with van der Waals surface area (Å²) in [5.74, 6) is -0.853. The molecule has 1 saturated heterocycles. The van der Waals surface area contributed by atoms with E-state index in [1.54, 1.807) is 31.4 Å². The lowest BCUT2D eigenvalue weighted by Crippen LogP contribution is -2.31. The Morgan fingerprint density at radius 2 is 1.87 bits per heavy atom. The van der Waals surface area contributed by atoms with Crippen molar-refractivity contribution in [2.75, 3.05) is 20.3 Å². The van der Waals surface area contributed by atoms with Gasteiger partial charge in [0, 0.05) is 30.3 Å². The highest BCUT2D eigenvalue weighted by molar-refractivity contribution is 9.10. The van der Waals surface area contributed by atoms with E-state index in [0.717, 1.165) is 10.0 Å². The number of likely N-dealkylation sites (tertiary alicyclic amines) is 1. The zero-order valence-electron chi connectivity index (χ0n) is 17.8. The molecule has 3 rings (SSSR count). The average molecular weight is 488 g/mol. The summed E-state index contributed by atoms with van der Waals surface area (Å²) in [6.45, 7) is 4.66. The summed E-state index contributed by atoms with van der Waals surface area (Å²) in [5.41, 5.74) is 1.27. The Balaban J connectivity index is 2.06. The first-order valence-corrected chi connectivity index (χ1v) is 10.9. The Morgan fingerprint density at radius 3 is 2.48 bits per heavy atom. The van der Waals surface area contributed by atoms with Crippen LogP contribution in [0.5, 0.6) is 5.75 Å². The maximum Gasteiger partial charge on any atom is 0.295 e. The molecule has 7 heteroatoms. The molecule has 1 aliphatic rings. The van der Waals surface area contributed by atoms with Gasteiger partial charge < -0.3 is 19.5 Å². The molecule has 1 unspecified atom stereocenters. The lowest BCUT2D eigenvalue weighted by atomic mass is 9.95. The fourth-order valence-electron chi connectivity index (χ4n) is 3.63. The molecule has 1 amide bonds. The number of nitrogens with zero attached hydrogens (tertiary/aromatic N) is 1. The third-order valence-corrected chi connectivity index (χ3v) is 5.44. The van der Waals surface area contributed by atoms with E-state index in [4.69, 9.17) is 9.47 Å². The van der Waals surface area contributed by atoms with E-state index < -0.39 is 17.7 Å². The fourth-order valence-corrected chi connectivity index (χ4v) is 4.05. The highest BCUT2D eigenvalue weighted by Gasteiger charge is 2.45. The molecule has 1 N–H and O–H groups in total. The summed E-state index contributed by atoms with van der Waals surface area (Å²) < 4.78 is 11.6. The van der Waals surface area contributed by atoms with Crippen LogP contribution in [0.3, 0.4) is 0 Å². The average Bonchev–Trinajstić information content (AvgIpc) is 2.98. The predicted octanol–water partition coefficient (Wildman–Crippen LogP) is 4.69. The van der Waals surface area contributed by atoms with Gasteiger partial charge in [-0.25, -0.2) is 0 Å². The number of aliphatic hydroxyl groups is 1. The van der Waals surface area contributed by atoms with Crippen LogP contribution in [0, 0.1) is 0 Å². The van der Waals surface area contributed by atoms with E-state index in [0.29, 0.717) is 30.9 Å². The van der Waals surface area contributed by atoms with Crippen LogP contribution in [0.15, 0.2) is 58.6 Å². The number of Topliss-reactive ketones (excluding diaryl/α,β-unsaturated/α-hetero) is 1. The van der Waals surface area contributed by atoms with Gasteiger partial charge in [0.05, 0.1) is 17.7 Å². The quantitative estimate of drug-likeness (QED) is 0.253. The molecule has 1 aliphatic heterocycles. The molecule has 31 heavy (non-hydrogen) atoms. The smallest absolute Gasteiger partial charge is 0.295 e. The van der Waals surface area contributed by atoms with E-state index in [9.17, 15) is 14.7 Å². The molecule has 1 atom stereocenters. The third kappa shape index (κ3) is 5.17. The van der Waals surface area contributed by atoms with Crippen LogP contribution in [0.4, 0.5) is 0 Å². The van der Waals surface area contributed by atoms with Crippen molar-refractivity contribution < 1.29 is 24.2 Å². The Bertz CT molecular complexity index is 984. The molecule has 2 aromatic carbocycles. The van der Waals surface area contributed by atoms with Crippen LogP contribution in [-0.4, -0.2) is 48.1 Å². The Hall–Kier alpha value is -2.64. The van der Waals surface area contributed by atoms with E-state index >= 15 is 0 Å². The van der Waals surface area contributed by atoms with Gasteiger partial charge in [0.2, 0.25) is 0 Å². The summed E-state index contributed by atoms with van der Waals surface area (Å²) in [6.07, 6.45) is 0.600. The van der Waals surface area contributed by atoms with Crippen LogP contribution in [0.2, 0.25) is 0 Å². The van der Waals surface area contributed by atoms with Crippen LogP contribution >= 0.6 is 15.9 Å². The molecule has 164 valence electrons.